The predicted molar refractivity (Wildman–Crippen MR) is 50.2 cm³/mol. The van der Waals surface area contributed by atoms with E-state index in [2.05, 4.69) is 11.9 Å². The number of piperidine rings is 1. The lowest BCUT2D eigenvalue weighted by molar-refractivity contribution is -0.149. The van der Waals surface area contributed by atoms with Crippen molar-refractivity contribution in [3.8, 4) is 0 Å². The highest BCUT2D eigenvalue weighted by Crippen LogP contribution is 2.16. The van der Waals surface area contributed by atoms with Gasteiger partial charge in [-0.1, -0.05) is 12.7 Å². The topological polar surface area (TPSA) is 64.3 Å². The van der Waals surface area contributed by atoms with Crippen LogP contribution in [0.15, 0.2) is 12.7 Å². The van der Waals surface area contributed by atoms with Gasteiger partial charge in [0.1, 0.15) is 12.1 Å². The summed E-state index contributed by atoms with van der Waals surface area (Å²) in [4.78, 5) is 11.5. The first kappa shape index (κ1) is 10.2. The third-order valence-corrected chi connectivity index (χ3v) is 2.23. The molecule has 74 valence electrons. The molecule has 1 fully saturated rings. The second-order valence-electron chi connectivity index (χ2n) is 3.29. The number of ether oxygens (including phenoxy) is 1. The molecule has 13 heavy (non-hydrogen) atoms. The van der Waals surface area contributed by atoms with Crippen LogP contribution in [0.4, 0.5) is 0 Å². The standard InChI is InChI=1S/C9H16N2O2/c1-2-7-13-8(12)9(10)3-5-11-6-4-9/h2,11H,1,3-7,10H2. The predicted octanol–water partition coefficient (Wildman–Crippen LogP) is -0.203. The van der Waals surface area contributed by atoms with Crippen molar-refractivity contribution in [3.05, 3.63) is 12.7 Å². The van der Waals surface area contributed by atoms with E-state index in [1.165, 1.54) is 0 Å². The summed E-state index contributed by atoms with van der Waals surface area (Å²) < 4.78 is 4.92. The number of nitrogens with one attached hydrogen (secondary N) is 1. The minimum Gasteiger partial charge on any atom is -0.460 e. The van der Waals surface area contributed by atoms with Crippen LogP contribution >= 0.6 is 0 Å². The lowest BCUT2D eigenvalue weighted by Gasteiger charge is -2.31. The summed E-state index contributed by atoms with van der Waals surface area (Å²) in [5, 5.41) is 3.14. The molecule has 3 N–H and O–H groups in total. The Kier molecular flexibility index (Phi) is 3.45. The average molecular weight is 184 g/mol. The van der Waals surface area contributed by atoms with Gasteiger partial charge in [0.15, 0.2) is 0 Å². The summed E-state index contributed by atoms with van der Waals surface area (Å²) >= 11 is 0. The van der Waals surface area contributed by atoms with Gasteiger partial charge in [0, 0.05) is 0 Å². The highest BCUT2D eigenvalue weighted by molar-refractivity contribution is 5.80. The van der Waals surface area contributed by atoms with Crippen LogP contribution in [0.5, 0.6) is 0 Å². The minimum atomic E-state index is -0.783. The van der Waals surface area contributed by atoms with E-state index in [1.54, 1.807) is 6.08 Å². The molecule has 1 rings (SSSR count). The summed E-state index contributed by atoms with van der Waals surface area (Å²) in [5.41, 5.74) is 5.11. The Hall–Kier alpha value is -0.870. The summed E-state index contributed by atoms with van der Waals surface area (Å²) in [7, 11) is 0. The van der Waals surface area contributed by atoms with Gasteiger partial charge in [0.05, 0.1) is 0 Å². The van der Waals surface area contributed by atoms with Crippen molar-refractivity contribution in [1.29, 1.82) is 0 Å². The normalized spacial score (nSPS) is 20.7. The fraction of sp³-hybridized carbons (Fsp3) is 0.667. The van der Waals surface area contributed by atoms with Gasteiger partial charge in [0.2, 0.25) is 0 Å². The van der Waals surface area contributed by atoms with Crippen molar-refractivity contribution in [2.45, 2.75) is 18.4 Å². The number of rotatable bonds is 3. The lowest BCUT2D eigenvalue weighted by Crippen LogP contribution is -2.55. The zero-order valence-corrected chi connectivity index (χ0v) is 7.71. The molecule has 0 amide bonds. The van der Waals surface area contributed by atoms with Crippen LogP contribution < -0.4 is 11.1 Å². The molecule has 0 aromatic rings. The quantitative estimate of drug-likeness (QED) is 0.471. The summed E-state index contributed by atoms with van der Waals surface area (Å²) in [6, 6.07) is 0. The highest BCUT2D eigenvalue weighted by atomic mass is 16.5. The molecule has 0 bridgehead atoms. The molecule has 0 aromatic carbocycles. The van der Waals surface area contributed by atoms with Gasteiger partial charge < -0.3 is 15.8 Å². The van der Waals surface area contributed by atoms with Crippen LogP contribution in [0, 0.1) is 0 Å². The Morgan fingerprint density at radius 2 is 2.23 bits per heavy atom. The number of hydrogen-bond acceptors (Lipinski definition) is 4. The number of carbonyl (C=O) groups excluding carboxylic acids is 1. The van der Waals surface area contributed by atoms with E-state index in [0.29, 0.717) is 12.8 Å². The van der Waals surface area contributed by atoms with E-state index in [0.717, 1.165) is 13.1 Å². The summed E-state index contributed by atoms with van der Waals surface area (Å²) in [5.74, 6) is -0.311. The maximum Gasteiger partial charge on any atom is 0.326 e. The number of nitrogens with two attached hydrogens (primary N) is 1. The second-order valence-corrected chi connectivity index (χ2v) is 3.29. The Morgan fingerprint density at radius 3 is 2.77 bits per heavy atom. The first-order valence-corrected chi connectivity index (χ1v) is 4.47. The van der Waals surface area contributed by atoms with Gasteiger partial charge in [-0.05, 0) is 25.9 Å². The monoisotopic (exact) mass is 184 g/mol. The van der Waals surface area contributed by atoms with Crippen molar-refractivity contribution >= 4 is 5.97 Å². The van der Waals surface area contributed by atoms with Crippen LogP contribution in [0.2, 0.25) is 0 Å². The van der Waals surface area contributed by atoms with Crippen molar-refractivity contribution in [2.24, 2.45) is 5.73 Å². The largest absolute Gasteiger partial charge is 0.460 e. The van der Waals surface area contributed by atoms with Gasteiger partial charge in [-0.3, -0.25) is 4.79 Å². The van der Waals surface area contributed by atoms with Crippen LogP contribution in [-0.2, 0) is 9.53 Å². The molecule has 0 aromatic heterocycles. The third-order valence-electron chi connectivity index (χ3n) is 2.23. The van der Waals surface area contributed by atoms with Crippen LogP contribution in [0.3, 0.4) is 0 Å². The van der Waals surface area contributed by atoms with Crippen LogP contribution in [-0.4, -0.2) is 31.2 Å². The molecule has 0 radical (unpaired) electrons. The molecule has 1 aliphatic heterocycles. The van der Waals surface area contributed by atoms with Crippen molar-refractivity contribution < 1.29 is 9.53 Å². The van der Waals surface area contributed by atoms with Crippen LogP contribution in [0.1, 0.15) is 12.8 Å². The Bertz CT molecular complexity index is 198. The molecular weight excluding hydrogens is 168 g/mol. The summed E-state index contributed by atoms with van der Waals surface area (Å²) in [6.07, 6.45) is 2.83. The molecule has 1 heterocycles. The molecule has 0 aliphatic carbocycles. The third kappa shape index (κ3) is 2.54. The number of esters is 1. The van der Waals surface area contributed by atoms with Crippen molar-refractivity contribution in [3.63, 3.8) is 0 Å². The first-order chi connectivity index (χ1) is 6.19. The zero-order chi connectivity index (χ0) is 9.73. The van der Waals surface area contributed by atoms with Gasteiger partial charge in [0.25, 0.3) is 0 Å². The molecule has 4 nitrogen and oxygen atoms in total. The van der Waals surface area contributed by atoms with E-state index in [-0.39, 0.29) is 12.6 Å². The van der Waals surface area contributed by atoms with E-state index in [4.69, 9.17) is 10.5 Å². The van der Waals surface area contributed by atoms with Crippen molar-refractivity contribution in [2.75, 3.05) is 19.7 Å². The molecule has 1 saturated heterocycles. The second kappa shape index (κ2) is 4.39. The fourth-order valence-corrected chi connectivity index (χ4v) is 1.36. The maximum absolute atomic E-state index is 11.5. The van der Waals surface area contributed by atoms with Gasteiger partial charge >= 0.3 is 5.97 Å². The Morgan fingerprint density at radius 1 is 1.62 bits per heavy atom. The maximum atomic E-state index is 11.5. The van der Waals surface area contributed by atoms with Gasteiger partial charge in [-0.2, -0.15) is 0 Å². The lowest BCUT2D eigenvalue weighted by atomic mass is 9.90. The van der Waals surface area contributed by atoms with Gasteiger partial charge in [-0.15, -0.1) is 0 Å². The van der Waals surface area contributed by atoms with Gasteiger partial charge in [-0.25, -0.2) is 0 Å². The molecule has 0 spiro atoms. The summed E-state index contributed by atoms with van der Waals surface area (Å²) in [6.45, 7) is 5.27. The van der Waals surface area contributed by atoms with Crippen molar-refractivity contribution in [1.82, 2.24) is 5.32 Å². The smallest absolute Gasteiger partial charge is 0.326 e. The van der Waals surface area contributed by atoms with E-state index < -0.39 is 5.54 Å². The molecule has 0 saturated carbocycles. The molecule has 4 heteroatoms. The first-order valence-electron chi connectivity index (χ1n) is 4.47. The molecule has 0 unspecified atom stereocenters. The number of carbonyl (C=O) groups is 1. The SMILES string of the molecule is C=CCOC(=O)C1(N)CCNCC1. The van der Waals surface area contributed by atoms with Crippen LogP contribution in [0.25, 0.3) is 0 Å². The average Bonchev–Trinajstić information content (AvgIpc) is 2.15. The van der Waals surface area contributed by atoms with E-state index in [1.807, 2.05) is 0 Å². The number of hydrogen-bond donors (Lipinski definition) is 2. The Balaban J connectivity index is 2.46. The van der Waals surface area contributed by atoms with E-state index in [9.17, 15) is 4.79 Å². The highest BCUT2D eigenvalue weighted by Gasteiger charge is 2.36. The minimum absolute atomic E-state index is 0.241. The van der Waals surface area contributed by atoms with E-state index >= 15 is 0 Å². The Labute approximate surface area is 78.1 Å². The molecule has 1 aliphatic rings. The molecular formula is C9H16N2O2. The molecule has 0 atom stereocenters. The fourth-order valence-electron chi connectivity index (χ4n) is 1.36. The zero-order valence-electron chi connectivity index (χ0n) is 7.71.